The Morgan fingerprint density at radius 2 is 1.80 bits per heavy atom. The Bertz CT molecular complexity index is 991. The number of carbonyl (C=O) groups excluding carboxylic acids is 1. The van der Waals surface area contributed by atoms with Gasteiger partial charge in [0.2, 0.25) is 0 Å². The van der Waals surface area contributed by atoms with Gasteiger partial charge in [0.05, 0.1) is 22.2 Å². The Morgan fingerprint density at radius 1 is 1.09 bits per heavy atom. The lowest BCUT2D eigenvalue weighted by molar-refractivity contribution is -0.120. The molecule has 194 valence electrons. The zero-order valence-corrected chi connectivity index (χ0v) is 24.0. The zero-order chi connectivity index (χ0) is 25.2. The third-order valence-electron chi connectivity index (χ3n) is 10.0. The van der Waals surface area contributed by atoms with Gasteiger partial charge in [0.1, 0.15) is 6.10 Å². The maximum absolute atomic E-state index is 14.3. The molecule has 3 saturated carbocycles. The SMILES string of the molecule is C[C@@H]1C[C@@]23CCCC[C@@H](CC[C@H]([S@](=O)c4ccccc4)[C@@]24OC(=O)O[C@@H]14)[C@@H]3O[Si](C)(C)C(C)(C)C. The summed E-state index contributed by atoms with van der Waals surface area (Å²) in [5.41, 5.74) is -1.30. The van der Waals surface area contributed by atoms with E-state index in [9.17, 15) is 9.00 Å². The molecule has 5 nitrogen and oxygen atoms in total. The highest BCUT2D eigenvalue weighted by Gasteiger charge is 2.78. The lowest BCUT2D eigenvalue weighted by Crippen LogP contribution is -2.64. The van der Waals surface area contributed by atoms with Crippen molar-refractivity contribution in [3.8, 4) is 0 Å². The molecule has 0 unspecified atom stereocenters. The summed E-state index contributed by atoms with van der Waals surface area (Å²) in [7, 11) is -3.44. The number of hydrogen-bond donors (Lipinski definition) is 0. The summed E-state index contributed by atoms with van der Waals surface area (Å²) < 4.78 is 34.1. The summed E-state index contributed by atoms with van der Waals surface area (Å²) >= 11 is 0. The van der Waals surface area contributed by atoms with Gasteiger partial charge in [-0.3, -0.25) is 4.21 Å². The molecule has 4 fully saturated rings. The van der Waals surface area contributed by atoms with Crippen LogP contribution in [0.3, 0.4) is 0 Å². The highest BCUT2D eigenvalue weighted by Crippen LogP contribution is 2.67. The van der Waals surface area contributed by atoms with E-state index in [0.717, 1.165) is 43.4 Å². The molecule has 1 aromatic rings. The Kier molecular flexibility index (Phi) is 6.33. The number of rotatable bonds is 4. The lowest BCUT2D eigenvalue weighted by atomic mass is 9.65. The Balaban J connectivity index is 1.70. The van der Waals surface area contributed by atoms with E-state index < -0.39 is 30.9 Å². The second kappa shape index (κ2) is 8.69. The zero-order valence-electron chi connectivity index (χ0n) is 22.2. The Labute approximate surface area is 214 Å². The van der Waals surface area contributed by atoms with Gasteiger partial charge in [-0.15, -0.1) is 0 Å². The number of fused-ring (bicyclic) bond motifs is 1. The summed E-state index contributed by atoms with van der Waals surface area (Å²) in [6.07, 6.45) is 5.92. The number of carbonyl (C=O) groups is 1. The van der Waals surface area contributed by atoms with Crippen LogP contribution in [0.1, 0.15) is 72.6 Å². The van der Waals surface area contributed by atoms with Gasteiger partial charge in [0.15, 0.2) is 13.9 Å². The van der Waals surface area contributed by atoms with Gasteiger partial charge in [-0.1, -0.05) is 58.7 Å². The first-order valence-electron chi connectivity index (χ1n) is 13.5. The predicted molar refractivity (Wildman–Crippen MR) is 140 cm³/mol. The van der Waals surface area contributed by atoms with Crippen molar-refractivity contribution >= 4 is 25.3 Å². The highest BCUT2D eigenvalue weighted by molar-refractivity contribution is 7.85. The van der Waals surface area contributed by atoms with Crippen LogP contribution in [0.15, 0.2) is 35.2 Å². The fourth-order valence-electron chi connectivity index (χ4n) is 7.54. The summed E-state index contributed by atoms with van der Waals surface area (Å²) in [4.78, 5) is 13.7. The number of ether oxygens (including phenoxy) is 2. The molecule has 35 heavy (non-hydrogen) atoms. The minimum atomic E-state index is -2.12. The van der Waals surface area contributed by atoms with Crippen LogP contribution < -0.4 is 0 Å². The predicted octanol–water partition coefficient (Wildman–Crippen LogP) is 6.84. The van der Waals surface area contributed by atoms with Crippen LogP contribution in [-0.4, -0.2) is 41.7 Å². The third-order valence-corrected chi connectivity index (χ3v) is 16.3. The van der Waals surface area contributed by atoms with Gasteiger partial charge in [-0.05, 0) is 74.2 Å². The quantitative estimate of drug-likeness (QED) is 0.323. The van der Waals surface area contributed by atoms with E-state index in [1.165, 1.54) is 6.42 Å². The number of benzene rings is 1. The summed E-state index contributed by atoms with van der Waals surface area (Å²) in [5, 5.41) is -0.231. The second-order valence-corrected chi connectivity index (χ2v) is 19.4. The minimum absolute atomic E-state index is 0.00869. The standard InChI is InChI=1S/C28H42O5SSi/c1-19-18-27-17-11-10-12-20(24(27)33-35(5,6)26(2,3)4)15-16-22(28(27)23(19)31-25(29)32-28)34(30)21-13-8-7-9-14-21/h7-9,13-14,19-20,22-24H,10-12,15-18H2,1-6H3/t19-,20+,22+,23+,24+,27-,28+,34-/m1/s1. The van der Waals surface area contributed by atoms with Crippen LogP contribution in [-0.2, 0) is 24.7 Å². The first kappa shape index (κ1) is 25.5. The molecule has 1 aliphatic heterocycles. The molecule has 1 aromatic carbocycles. The Morgan fingerprint density at radius 3 is 2.49 bits per heavy atom. The molecule has 7 heteroatoms. The van der Waals surface area contributed by atoms with E-state index in [-0.39, 0.29) is 33.8 Å². The second-order valence-electron chi connectivity index (χ2n) is 13.0. The molecule has 2 bridgehead atoms. The van der Waals surface area contributed by atoms with E-state index in [2.05, 4.69) is 40.8 Å². The molecule has 0 radical (unpaired) electrons. The normalized spacial score (nSPS) is 40.1. The molecule has 0 N–H and O–H groups in total. The van der Waals surface area contributed by atoms with Gasteiger partial charge in [-0.25, -0.2) is 4.79 Å². The smallest absolute Gasteiger partial charge is 0.426 e. The molecule has 3 aliphatic carbocycles. The van der Waals surface area contributed by atoms with Crippen molar-refractivity contribution in [1.82, 2.24) is 0 Å². The third kappa shape index (κ3) is 3.78. The van der Waals surface area contributed by atoms with Crippen LogP contribution >= 0.6 is 0 Å². The first-order chi connectivity index (χ1) is 16.4. The molecular formula is C28H42O5SSi. The molecular weight excluding hydrogens is 476 g/mol. The van der Waals surface area contributed by atoms with E-state index in [1.807, 2.05) is 30.3 Å². The molecule has 1 heterocycles. The molecule has 0 aromatic heterocycles. The van der Waals surface area contributed by atoms with Gasteiger partial charge in [0.25, 0.3) is 0 Å². The average Bonchev–Trinajstić information content (AvgIpc) is 3.15. The lowest BCUT2D eigenvalue weighted by Gasteiger charge is -2.52. The molecule has 5 rings (SSSR count). The van der Waals surface area contributed by atoms with Crippen LogP contribution in [0.5, 0.6) is 0 Å². The van der Waals surface area contributed by atoms with Crippen LogP contribution in [0.2, 0.25) is 18.1 Å². The van der Waals surface area contributed by atoms with E-state index >= 15 is 0 Å². The molecule has 2 spiro atoms. The van der Waals surface area contributed by atoms with Crippen molar-refractivity contribution in [1.29, 1.82) is 0 Å². The van der Waals surface area contributed by atoms with E-state index in [4.69, 9.17) is 13.9 Å². The summed E-state index contributed by atoms with van der Waals surface area (Å²) in [6, 6.07) is 9.72. The van der Waals surface area contributed by atoms with Gasteiger partial charge in [0, 0.05) is 10.3 Å². The maximum Gasteiger partial charge on any atom is 0.509 e. The van der Waals surface area contributed by atoms with Crippen molar-refractivity contribution in [2.24, 2.45) is 17.3 Å². The van der Waals surface area contributed by atoms with E-state index in [1.54, 1.807) is 0 Å². The maximum atomic E-state index is 14.3. The summed E-state index contributed by atoms with van der Waals surface area (Å²) in [6.45, 7) is 13.7. The molecule has 0 amide bonds. The van der Waals surface area contributed by atoms with Crippen LogP contribution in [0.25, 0.3) is 0 Å². The van der Waals surface area contributed by atoms with Crippen molar-refractivity contribution in [2.45, 2.75) is 119 Å². The average molecular weight is 519 g/mol. The largest absolute Gasteiger partial charge is 0.509 e. The van der Waals surface area contributed by atoms with Gasteiger partial charge < -0.3 is 13.9 Å². The van der Waals surface area contributed by atoms with Crippen molar-refractivity contribution in [2.75, 3.05) is 0 Å². The van der Waals surface area contributed by atoms with Crippen molar-refractivity contribution < 1.29 is 22.9 Å². The topological polar surface area (TPSA) is 61.8 Å². The van der Waals surface area contributed by atoms with Gasteiger partial charge in [-0.2, -0.15) is 0 Å². The highest BCUT2D eigenvalue weighted by atomic mass is 32.2. The molecule has 1 saturated heterocycles. The fraction of sp³-hybridized carbons (Fsp3) is 0.750. The van der Waals surface area contributed by atoms with Crippen molar-refractivity contribution in [3.05, 3.63) is 30.3 Å². The molecule has 8 atom stereocenters. The van der Waals surface area contributed by atoms with Crippen molar-refractivity contribution in [3.63, 3.8) is 0 Å². The van der Waals surface area contributed by atoms with Gasteiger partial charge >= 0.3 is 6.16 Å². The fourth-order valence-corrected chi connectivity index (χ4v) is 10.8. The van der Waals surface area contributed by atoms with E-state index in [0.29, 0.717) is 5.92 Å². The first-order valence-corrected chi connectivity index (χ1v) is 17.6. The van der Waals surface area contributed by atoms with Crippen LogP contribution in [0, 0.1) is 17.3 Å². The van der Waals surface area contributed by atoms with Crippen LogP contribution in [0.4, 0.5) is 4.79 Å². The Hall–Kier alpha value is -1.18. The monoisotopic (exact) mass is 518 g/mol. The minimum Gasteiger partial charge on any atom is -0.426 e. The summed E-state index contributed by atoms with van der Waals surface area (Å²) in [5.74, 6) is 0.519. The molecule has 4 aliphatic rings. The number of hydrogen-bond acceptors (Lipinski definition) is 5.